The maximum absolute atomic E-state index is 13.2. The highest BCUT2D eigenvalue weighted by Crippen LogP contribution is 2.32. The number of hydrogen-bond donors (Lipinski definition) is 0. The van der Waals surface area contributed by atoms with Gasteiger partial charge in [0.2, 0.25) is 10.0 Å². The maximum atomic E-state index is 13.2. The van der Waals surface area contributed by atoms with Crippen molar-refractivity contribution in [3.63, 3.8) is 0 Å². The Labute approximate surface area is 198 Å². The number of benzene rings is 2. The van der Waals surface area contributed by atoms with Gasteiger partial charge in [0.05, 0.1) is 23.2 Å². The highest BCUT2D eigenvalue weighted by Gasteiger charge is 2.30. The number of aromatic nitrogens is 2. The van der Waals surface area contributed by atoms with E-state index in [-0.39, 0.29) is 5.91 Å². The van der Waals surface area contributed by atoms with E-state index in [9.17, 15) is 13.2 Å². The molecule has 33 heavy (non-hydrogen) atoms. The van der Waals surface area contributed by atoms with Gasteiger partial charge in [-0.25, -0.2) is 8.42 Å². The predicted molar refractivity (Wildman–Crippen MR) is 127 cm³/mol. The van der Waals surface area contributed by atoms with Gasteiger partial charge in [-0.05, 0) is 54.7 Å². The molecule has 7 nitrogen and oxygen atoms in total. The molecule has 172 valence electrons. The van der Waals surface area contributed by atoms with Crippen LogP contribution >= 0.6 is 11.6 Å². The van der Waals surface area contributed by atoms with Crippen LogP contribution in [0.3, 0.4) is 0 Å². The average Bonchev–Trinajstić information content (AvgIpc) is 3.47. The second-order valence-corrected chi connectivity index (χ2v) is 10.8. The normalized spacial score (nSPS) is 16.7. The van der Waals surface area contributed by atoms with E-state index in [0.29, 0.717) is 48.1 Å². The van der Waals surface area contributed by atoms with Crippen LogP contribution in [0, 0.1) is 0 Å². The minimum Gasteiger partial charge on any atom is -0.308 e. The lowest BCUT2D eigenvalue weighted by Gasteiger charge is -2.26. The molecule has 0 atom stereocenters. The van der Waals surface area contributed by atoms with Crippen LogP contribution in [-0.2, 0) is 23.0 Å². The molecule has 2 aromatic carbocycles. The first-order valence-electron chi connectivity index (χ1n) is 11.1. The van der Waals surface area contributed by atoms with Gasteiger partial charge in [0, 0.05) is 36.5 Å². The third kappa shape index (κ3) is 4.30. The van der Waals surface area contributed by atoms with Crippen LogP contribution in [-0.4, -0.2) is 48.0 Å². The third-order valence-electron chi connectivity index (χ3n) is 6.31. The minimum absolute atomic E-state index is 0.147. The fourth-order valence-corrected chi connectivity index (χ4v) is 6.29. The summed E-state index contributed by atoms with van der Waals surface area (Å²) in [5.74, 6) is -0.147. The molecule has 1 fully saturated rings. The van der Waals surface area contributed by atoms with Crippen molar-refractivity contribution in [2.45, 2.75) is 37.1 Å². The molecule has 9 heteroatoms. The lowest BCUT2D eigenvalue weighted by atomic mass is 10.2. The second kappa shape index (κ2) is 8.93. The lowest BCUT2D eigenvalue weighted by Crippen LogP contribution is -2.35. The number of anilines is 1. The number of hydrogen-bond acceptors (Lipinski definition) is 4. The summed E-state index contributed by atoms with van der Waals surface area (Å²) < 4.78 is 29.3. The van der Waals surface area contributed by atoms with Gasteiger partial charge in [0.1, 0.15) is 0 Å². The van der Waals surface area contributed by atoms with Crippen molar-refractivity contribution >= 4 is 33.2 Å². The van der Waals surface area contributed by atoms with E-state index in [1.54, 1.807) is 44.5 Å². The van der Waals surface area contributed by atoms with E-state index < -0.39 is 10.0 Å². The molecule has 2 aliphatic rings. The predicted octanol–water partition coefficient (Wildman–Crippen LogP) is 3.96. The van der Waals surface area contributed by atoms with Gasteiger partial charge in [0.15, 0.2) is 0 Å². The van der Waals surface area contributed by atoms with Crippen molar-refractivity contribution in [3.05, 3.63) is 76.6 Å². The van der Waals surface area contributed by atoms with Gasteiger partial charge in [-0.2, -0.15) is 9.40 Å². The van der Waals surface area contributed by atoms with Gasteiger partial charge < -0.3 is 4.90 Å². The van der Waals surface area contributed by atoms with Gasteiger partial charge in [0.25, 0.3) is 5.91 Å². The van der Waals surface area contributed by atoms with Crippen LogP contribution in [0.2, 0.25) is 5.02 Å². The number of halogens is 1. The van der Waals surface area contributed by atoms with Crippen molar-refractivity contribution in [2.24, 2.45) is 0 Å². The molecule has 0 unspecified atom stereocenters. The molecule has 0 saturated carbocycles. The SMILES string of the molecule is O=C(c1cnn(Cc2ccccc2Cl)c1)N1CCc2cc(S(=O)(=O)N3CCCCC3)ccc21. The molecular weight excluding hydrogens is 460 g/mol. The summed E-state index contributed by atoms with van der Waals surface area (Å²) in [4.78, 5) is 15.2. The summed E-state index contributed by atoms with van der Waals surface area (Å²) in [5.41, 5.74) is 3.05. The molecule has 3 heterocycles. The van der Waals surface area contributed by atoms with Crippen molar-refractivity contribution < 1.29 is 13.2 Å². The first kappa shape index (κ1) is 22.1. The fraction of sp³-hybridized carbons (Fsp3) is 0.333. The number of carbonyl (C=O) groups is 1. The van der Waals surface area contributed by atoms with E-state index in [1.165, 1.54) is 0 Å². The van der Waals surface area contributed by atoms with E-state index in [1.807, 2.05) is 24.3 Å². The van der Waals surface area contributed by atoms with Crippen molar-refractivity contribution in [1.82, 2.24) is 14.1 Å². The van der Waals surface area contributed by atoms with E-state index in [4.69, 9.17) is 11.6 Å². The zero-order valence-corrected chi connectivity index (χ0v) is 19.7. The van der Waals surface area contributed by atoms with E-state index in [0.717, 1.165) is 36.1 Å². The summed E-state index contributed by atoms with van der Waals surface area (Å²) in [6.07, 6.45) is 6.78. The first-order valence-corrected chi connectivity index (χ1v) is 13.0. The highest BCUT2D eigenvalue weighted by molar-refractivity contribution is 7.89. The van der Waals surface area contributed by atoms with Crippen LogP contribution in [0.4, 0.5) is 5.69 Å². The molecule has 2 aliphatic heterocycles. The molecule has 1 saturated heterocycles. The number of piperidine rings is 1. The summed E-state index contributed by atoms with van der Waals surface area (Å²) in [5, 5.41) is 4.98. The molecule has 0 spiro atoms. The molecule has 0 N–H and O–H groups in total. The van der Waals surface area contributed by atoms with Crippen LogP contribution in [0.25, 0.3) is 0 Å². The van der Waals surface area contributed by atoms with Crippen molar-refractivity contribution in [1.29, 1.82) is 0 Å². The first-order chi connectivity index (χ1) is 15.9. The van der Waals surface area contributed by atoms with Gasteiger partial charge >= 0.3 is 0 Å². The molecule has 1 amide bonds. The Balaban J connectivity index is 1.34. The maximum Gasteiger partial charge on any atom is 0.261 e. The zero-order chi connectivity index (χ0) is 23.0. The largest absolute Gasteiger partial charge is 0.308 e. The van der Waals surface area contributed by atoms with Crippen LogP contribution < -0.4 is 4.90 Å². The third-order valence-corrected chi connectivity index (χ3v) is 8.58. The smallest absolute Gasteiger partial charge is 0.261 e. The Morgan fingerprint density at radius 3 is 2.61 bits per heavy atom. The van der Waals surface area contributed by atoms with E-state index >= 15 is 0 Å². The second-order valence-electron chi connectivity index (χ2n) is 8.48. The highest BCUT2D eigenvalue weighted by atomic mass is 35.5. The Hall–Kier alpha value is -2.68. The lowest BCUT2D eigenvalue weighted by molar-refractivity contribution is 0.0989. The van der Waals surface area contributed by atoms with Crippen LogP contribution in [0.15, 0.2) is 59.8 Å². The van der Waals surface area contributed by atoms with Gasteiger partial charge in [-0.3, -0.25) is 9.48 Å². The number of sulfonamides is 1. The monoisotopic (exact) mass is 484 g/mol. The molecule has 0 radical (unpaired) electrons. The molecule has 0 aliphatic carbocycles. The Bertz CT molecular complexity index is 1300. The number of carbonyl (C=O) groups excluding carboxylic acids is 1. The van der Waals surface area contributed by atoms with Crippen LogP contribution in [0.5, 0.6) is 0 Å². The quantitative estimate of drug-likeness (QED) is 0.549. The van der Waals surface area contributed by atoms with Gasteiger partial charge in [-0.1, -0.05) is 36.2 Å². The standard InChI is InChI=1S/C24H25ClN4O3S/c25-22-7-3-2-6-19(22)16-27-17-20(15-26-27)24(30)29-13-10-18-14-21(8-9-23(18)29)33(31,32)28-11-4-1-5-12-28/h2-3,6-9,14-15,17H,1,4-5,10-13,16H2. The molecule has 3 aromatic rings. The van der Waals surface area contributed by atoms with Crippen LogP contribution in [0.1, 0.15) is 40.7 Å². The zero-order valence-electron chi connectivity index (χ0n) is 18.2. The Morgan fingerprint density at radius 1 is 1.03 bits per heavy atom. The number of amides is 1. The Kier molecular flexibility index (Phi) is 5.99. The summed E-state index contributed by atoms with van der Waals surface area (Å²) in [7, 11) is -3.50. The van der Waals surface area contributed by atoms with Crippen molar-refractivity contribution in [2.75, 3.05) is 24.5 Å². The minimum atomic E-state index is -3.50. The molecule has 0 bridgehead atoms. The summed E-state index contributed by atoms with van der Waals surface area (Å²) in [6.45, 7) is 2.13. The van der Waals surface area contributed by atoms with E-state index in [2.05, 4.69) is 5.10 Å². The summed E-state index contributed by atoms with van der Waals surface area (Å²) in [6, 6.07) is 12.6. The number of rotatable bonds is 5. The average molecular weight is 485 g/mol. The molecular formula is C24H25ClN4O3S. The molecule has 1 aromatic heterocycles. The summed E-state index contributed by atoms with van der Waals surface area (Å²) >= 11 is 6.24. The number of nitrogens with zero attached hydrogens (tertiary/aromatic N) is 4. The number of fused-ring (bicyclic) bond motifs is 1. The Morgan fingerprint density at radius 2 is 1.82 bits per heavy atom. The topological polar surface area (TPSA) is 75.5 Å². The fourth-order valence-electron chi connectivity index (χ4n) is 4.52. The van der Waals surface area contributed by atoms with Crippen molar-refractivity contribution in [3.8, 4) is 0 Å². The van der Waals surface area contributed by atoms with Gasteiger partial charge in [-0.15, -0.1) is 0 Å². The molecule has 5 rings (SSSR count).